The number of nitrogens with one attached hydrogen (secondary N) is 1. The van der Waals surface area contributed by atoms with E-state index < -0.39 is 11.9 Å². The van der Waals surface area contributed by atoms with Gasteiger partial charge in [-0.2, -0.15) is 0 Å². The number of nitrogens with zero attached hydrogens (tertiary/aromatic N) is 1. The second kappa shape index (κ2) is 8.77. The summed E-state index contributed by atoms with van der Waals surface area (Å²) in [6.07, 6.45) is 1.15. The zero-order valence-electron chi connectivity index (χ0n) is 16.6. The maximum atomic E-state index is 12.4. The highest BCUT2D eigenvalue weighted by Gasteiger charge is 2.38. The highest BCUT2D eigenvalue weighted by Crippen LogP contribution is 2.26. The van der Waals surface area contributed by atoms with Crippen LogP contribution < -0.4 is 10.5 Å². The number of nitrogen functional groups attached to an aromatic ring is 1. The third-order valence-electron chi connectivity index (χ3n) is 5.29. The lowest BCUT2D eigenvalue weighted by molar-refractivity contribution is -0.157. The second-order valence-electron chi connectivity index (χ2n) is 7.08. The van der Waals surface area contributed by atoms with E-state index in [9.17, 15) is 9.59 Å². The summed E-state index contributed by atoms with van der Waals surface area (Å²) in [6, 6.07) is 15.1. The highest BCUT2D eigenvalue weighted by atomic mass is 16.5. The summed E-state index contributed by atoms with van der Waals surface area (Å²) in [4.78, 5) is 25.6. The van der Waals surface area contributed by atoms with Crippen molar-refractivity contribution >= 4 is 17.7 Å². The number of ether oxygens (including phenoxy) is 2. The van der Waals surface area contributed by atoms with Crippen molar-refractivity contribution in [2.75, 3.05) is 20.8 Å². The largest absolute Gasteiger partial charge is 0.491 e. The van der Waals surface area contributed by atoms with Gasteiger partial charge in [0.25, 0.3) is 0 Å². The van der Waals surface area contributed by atoms with E-state index >= 15 is 0 Å². The quantitative estimate of drug-likeness (QED) is 0.338. The Bertz CT molecular complexity index is 893. The number of amides is 1. The minimum atomic E-state index is -0.713. The normalized spacial score (nSPS) is 19.0. The van der Waals surface area contributed by atoms with Gasteiger partial charge in [0.05, 0.1) is 13.2 Å². The lowest BCUT2D eigenvalue weighted by Crippen LogP contribution is -2.50. The summed E-state index contributed by atoms with van der Waals surface area (Å²) in [7, 11) is 2.99. The topological polar surface area (TPSA) is 106 Å². The Kier molecular flexibility index (Phi) is 6.16. The first-order chi connectivity index (χ1) is 13.9. The number of hydrogen-bond donors (Lipinski definition) is 2. The van der Waals surface area contributed by atoms with E-state index in [2.05, 4.69) is 0 Å². The molecule has 152 valence electrons. The van der Waals surface area contributed by atoms with Gasteiger partial charge in [-0.15, -0.1) is 0 Å². The van der Waals surface area contributed by atoms with Crippen molar-refractivity contribution in [2.45, 2.75) is 18.9 Å². The van der Waals surface area contributed by atoms with Crippen molar-refractivity contribution < 1.29 is 19.1 Å². The number of nitrogens with two attached hydrogens (primary N) is 1. The van der Waals surface area contributed by atoms with E-state index in [0.717, 1.165) is 11.1 Å². The molecule has 0 aromatic heterocycles. The van der Waals surface area contributed by atoms with E-state index in [4.69, 9.17) is 20.6 Å². The van der Waals surface area contributed by atoms with Crippen molar-refractivity contribution in [3.8, 4) is 16.9 Å². The lowest BCUT2D eigenvalue weighted by Gasteiger charge is -2.35. The number of likely N-dealkylation sites (tertiary alicyclic amines) is 1. The number of carbonyl (C=O) groups is 2. The average molecular weight is 395 g/mol. The van der Waals surface area contributed by atoms with Gasteiger partial charge in [0.1, 0.15) is 24.1 Å². The molecular weight excluding hydrogens is 370 g/mol. The van der Waals surface area contributed by atoms with Crippen molar-refractivity contribution in [3.05, 3.63) is 54.1 Å². The number of carbonyl (C=O) groups excluding carboxylic acids is 2. The van der Waals surface area contributed by atoms with Crippen LogP contribution in [0.15, 0.2) is 48.5 Å². The van der Waals surface area contributed by atoms with Gasteiger partial charge in [-0.25, -0.2) is 0 Å². The Morgan fingerprint density at radius 3 is 2.24 bits per heavy atom. The molecule has 1 aliphatic rings. The van der Waals surface area contributed by atoms with Crippen molar-refractivity contribution in [1.29, 1.82) is 5.41 Å². The average Bonchev–Trinajstić information content (AvgIpc) is 2.74. The number of rotatable bonds is 6. The molecule has 0 saturated carbocycles. The van der Waals surface area contributed by atoms with Crippen molar-refractivity contribution in [1.82, 2.24) is 4.90 Å². The van der Waals surface area contributed by atoms with Crippen LogP contribution in [0.5, 0.6) is 5.75 Å². The fraction of sp³-hybridized carbons (Fsp3) is 0.318. The Morgan fingerprint density at radius 1 is 1.10 bits per heavy atom. The molecule has 1 heterocycles. The Labute approximate surface area is 169 Å². The highest BCUT2D eigenvalue weighted by molar-refractivity contribution is 5.98. The van der Waals surface area contributed by atoms with Gasteiger partial charge in [0.15, 0.2) is 0 Å². The molecule has 3 rings (SSSR count). The fourth-order valence-electron chi connectivity index (χ4n) is 3.44. The first kappa shape index (κ1) is 20.4. The first-order valence-corrected chi connectivity index (χ1v) is 9.43. The molecule has 1 saturated heterocycles. The number of benzene rings is 2. The predicted molar refractivity (Wildman–Crippen MR) is 110 cm³/mol. The maximum absolute atomic E-state index is 12.4. The SMILES string of the molecule is COC(=O)[C@H]1CC[C@@H](COc2ccc(-c3ccc(C(=N)N)cc3)cc2)N(C)C1=O. The molecule has 1 fully saturated rings. The van der Waals surface area contributed by atoms with E-state index in [1.165, 1.54) is 7.11 Å². The van der Waals surface area contributed by atoms with Crippen LogP contribution in [-0.2, 0) is 14.3 Å². The van der Waals surface area contributed by atoms with Gasteiger partial charge in [-0.3, -0.25) is 15.0 Å². The molecule has 2 aromatic rings. The van der Waals surface area contributed by atoms with Crippen molar-refractivity contribution in [2.24, 2.45) is 11.7 Å². The molecule has 0 radical (unpaired) electrons. The summed E-state index contributed by atoms with van der Waals surface area (Å²) in [5, 5.41) is 7.45. The van der Waals surface area contributed by atoms with Gasteiger partial charge in [0.2, 0.25) is 5.91 Å². The number of likely N-dealkylation sites (N-methyl/N-ethyl adjacent to an activating group) is 1. The number of hydrogen-bond acceptors (Lipinski definition) is 5. The van der Waals surface area contributed by atoms with Crippen LogP contribution in [0.4, 0.5) is 0 Å². The third-order valence-corrected chi connectivity index (χ3v) is 5.29. The van der Waals surface area contributed by atoms with Crippen LogP contribution in [0.3, 0.4) is 0 Å². The monoisotopic (exact) mass is 395 g/mol. The molecule has 2 atom stereocenters. The van der Waals surface area contributed by atoms with Gasteiger partial charge >= 0.3 is 5.97 Å². The summed E-state index contributed by atoms with van der Waals surface area (Å²) >= 11 is 0. The van der Waals surface area contributed by atoms with Crippen LogP contribution in [0, 0.1) is 11.3 Å². The smallest absolute Gasteiger partial charge is 0.318 e. The molecule has 7 heteroatoms. The van der Waals surface area contributed by atoms with Gasteiger partial charge in [0, 0.05) is 12.6 Å². The minimum Gasteiger partial charge on any atom is -0.491 e. The number of piperidine rings is 1. The van der Waals surface area contributed by atoms with Gasteiger partial charge in [-0.05, 0) is 36.1 Å². The van der Waals surface area contributed by atoms with Crippen LogP contribution in [0.2, 0.25) is 0 Å². The molecular formula is C22H25N3O4. The van der Waals surface area contributed by atoms with E-state index in [-0.39, 0.29) is 17.8 Å². The molecule has 0 aliphatic carbocycles. The Hall–Kier alpha value is -3.35. The van der Waals surface area contributed by atoms with E-state index in [0.29, 0.717) is 30.8 Å². The molecule has 0 unspecified atom stereocenters. The second-order valence-corrected chi connectivity index (χ2v) is 7.08. The third kappa shape index (κ3) is 4.56. The van der Waals surface area contributed by atoms with Gasteiger partial charge < -0.3 is 20.1 Å². The van der Waals surface area contributed by atoms with Crippen molar-refractivity contribution in [3.63, 3.8) is 0 Å². The minimum absolute atomic E-state index is 0.0457. The molecule has 7 nitrogen and oxygen atoms in total. The first-order valence-electron chi connectivity index (χ1n) is 9.43. The molecule has 1 amide bonds. The molecule has 0 spiro atoms. The van der Waals surface area contributed by atoms with Crippen LogP contribution in [0.25, 0.3) is 11.1 Å². The summed E-state index contributed by atoms with van der Waals surface area (Å²) in [5.41, 5.74) is 8.22. The van der Waals surface area contributed by atoms with E-state index in [1.807, 2.05) is 48.5 Å². The molecule has 1 aliphatic heterocycles. The summed E-state index contributed by atoms with van der Waals surface area (Å²) < 4.78 is 10.6. The standard InChI is InChI=1S/C22H25N3O4/c1-25-17(9-12-19(21(25)26)22(27)28-2)13-29-18-10-7-15(8-11-18)14-3-5-16(6-4-14)20(23)24/h3-8,10-11,17,19H,9,12-13H2,1-2H3,(H3,23,24)/t17-,19-/m0/s1. The molecule has 3 N–H and O–H groups in total. The van der Waals surface area contributed by atoms with Crippen LogP contribution >= 0.6 is 0 Å². The van der Waals surface area contributed by atoms with E-state index in [1.54, 1.807) is 11.9 Å². The maximum Gasteiger partial charge on any atom is 0.318 e. The lowest BCUT2D eigenvalue weighted by atomic mass is 9.92. The number of amidine groups is 1. The molecule has 29 heavy (non-hydrogen) atoms. The van der Waals surface area contributed by atoms with Gasteiger partial charge in [-0.1, -0.05) is 36.4 Å². The fourth-order valence-corrected chi connectivity index (χ4v) is 3.44. The summed E-state index contributed by atoms with van der Waals surface area (Å²) in [5.74, 6) is -0.654. The molecule has 0 bridgehead atoms. The Balaban J connectivity index is 1.58. The Morgan fingerprint density at radius 2 is 1.69 bits per heavy atom. The van der Waals surface area contributed by atoms with Crippen LogP contribution in [-0.4, -0.2) is 49.4 Å². The van der Waals surface area contributed by atoms with Crippen LogP contribution in [0.1, 0.15) is 18.4 Å². The zero-order valence-corrected chi connectivity index (χ0v) is 16.6. The number of esters is 1. The zero-order chi connectivity index (χ0) is 21.0. The predicted octanol–water partition coefficient (Wildman–Crippen LogP) is 2.43. The molecule has 2 aromatic carbocycles. The summed E-state index contributed by atoms with van der Waals surface area (Å²) in [6.45, 7) is 0.364. The number of methoxy groups -OCH3 is 1.